The van der Waals surface area contributed by atoms with Crippen LogP contribution < -0.4 is 0 Å². The molecular formula is C5H5SY-. The zero-order chi connectivity index (χ0) is 4.41. The Balaban J connectivity index is 0.000000360. The summed E-state index contributed by atoms with van der Waals surface area (Å²) in [6, 6.07) is 1.98. The third-order valence-corrected chi connectivity index (χ3v) is 1.34. The Bertz CT molecular complexity index is 112. The number of hydrogen-bond donors (Lipinski definition) is 0. The summed E-state index contributed by atoms with van der Waals surface area (Å²) in [6.45, 7) is 2.06. The zero-order valence-corrected chi connectivity index (χ0v) is 7.80. The van der Waals surface area contributed by atoms with Gasteiger partial charge in [0.05, 0.1) is 0 Å². The van der Waals surface area contributed by atoms with Gasteiger partial charge in [0.1, 0.15) is 0 Å². The summed E-state index contributed by atoms with van der Waals surface area (Å²) in [5.41, 5.74) is 1.31. The molecule has 0 N–H and O–H groups in total. The quantitative estimate of drug-likeness (QED) is 0.542. The van der Waals surface area contributed by atoms with E-state index in [4.69, 9.17) is 0 Å². The minimum Gasteiger partial charge on any atom is -0.304 e. The van der Waals surface area contributed by atoms with Gasteiger partial charge in [0.25, 0.3) is 0 Å². The second-order valence-corrected chi connectivity index (χ2v) is 1.95. The monoisotopic (exact) mass is 186 g/mol. The van der Waals surface area contributed by atoms with Crippen molar-refractivity contribution in [2.45, 2.75) is 6.92 Å². The molecule has 7 heavy (non-hydrogen) atoms. The van der Waals surface area contributed by atoms with Crippen LogP contribution in [0.2, 0.25) is 0 Å². The molecular weight excluding hydrogens is 181 g/mol. The molecule has 0 amide bonds. The molecule has 0 bridgehead atoms. The van der Waals surface area contributed by atoms with Crippen LogP contribution in [0.5, 0.6) is 0 Å². The minimum absolute atomic E-state index is 0. The molecule has 0 fully saturated rings. The van der Waals surface area contributed by atoms with Gasteiger partial charge < -0.3 is 11.3 Å². The maximum absolute atomic E-state index is 2.97. The van der Waals surface area contributed by atoms with Crippen molar-refractivity contribution in [3.63, 3.8) is 0 Å². The molecule has 1 rings (SSSR count). The Morgan fingerprint density at radius 1 is 1.71 bits per heavy atom. The Hall–Kier alpha value is 0.804. The van der Waals surface area contributed by atoms with Crippen molar-refractivity contribution in [1.82, 2.24) is 0 Å². The minimum atomic E-state index is 0. The Morgan fingerprint density at radius 2 is 2.43 bits per heavy atom. The SMILES string of the molecule is Cc1c[c-]sc1.[Y]. The third-order valence-electron chi connectivity index (χ3n) is 0.599. The summed E-state index contributed by atoms with van der Waals surface area (Å²) in [7, 11) is 0. The Kier molecular flexibility index (Phi) is 4.20. The number of hydrogen-bond acceptors (Lipinski definition) is 1. The van der Waals surface area contributed by atoms with E-state index in [0.29, 0.717) is 0 Å². The molecule has 0 saturated heterocycles. The first-order valence-corrected chi connectivity index (χ1v) is 2.69. The predicted molar refractivity (Wildman–Crippen MR) is 27.9 cm³/mol. The van der Waals surface area contributed by atoms with E-state index in [-0.39, 0.29) is 32.7 Å². The van der Waals surface area contributed by atoms with Crippen molar-refractivity contribution < 1.29 is 32.7 Å². The maximum Gasteiger partial charge on any atom is 0 e. The van der Waals surface area contributed by atoms with Crippen LogP contribution in [-0.4, -0.2) is 0 Å². The van der Waals surface area contributed by atoms with Gasteiger partial charge in [-0.15, -0.1) is 5.38 Å². The van der Waals surface area contributed by atoms with Crippen molar-refractivity contribution in [1.29, 1.82) is 0 Å². The van der Waals surface area contributed by atoms with Gasteiger partial charge in [0, 0.05) is 32.7 Å². The van der Waals surface area contributed by atoms with E-state index in [9.17, 15) is 0 Å². The summed E-state index contributed by atoms with van der Waals surface area (Å²) >= 11 is 1.61. The molecule has 1 radical (unpaired) electrons. The normalized spacial score (nSPS) is 7.57. The van der Waals surface area contributed by atoms with E-state index >= 15 is 0 Å². The average Bonchev–Trinajstić information content (AvgIpc) is 1.86. The summed E-state index contributed by atoms with van der Waals surface area (Å²) in [5, 5.41) is 5.04. The molecule has 0 aliphatic heterocycles. The maximum atomic E-state index is 2.97. The number of thiophene rings is 1. The molecule has 2 heteroatoms. The molecule has 35 valence electrons. The van der Waals surface area contributed by atoms with E-state index in [2.05, 4.69) is 17.7 Å². The van der Waals surface area contributed by atoms with Crippen molar-refractivity contribution in [3.8, 4) is 0 Å². The molecule has 0 atom stereocenters. The molecule has 0 aliphatic rings. The second kappa shape index (κ2) is 3.76. The average molecular weight is 186 g/mol. The molecule has 0 aliphatic carbocycles. The van der Waals surface area contributed by atoms with Crippen LogP contribution in [0.1, 0.15) is 5.56 Å². The molecule has 0 saturated carbocycles. The smallest absolute Gasteiger partial charge is 0 e. The summed E-state index contributed by atoms with van der Waals surface area (Å²) in [5.74, 6) is 0. The van der Waals surface area contributed by atoms with Gasteiger partial charge >= 0.3 is 0 Å². The molecule has 1 heterocycles. The Labute approximate surface area is 72.8 Å². The molecule has 0 spiro atoms. The second-order valence-electron chi connectivity index (χ2n) is 1.24. The van der Waals surface area contributed by atoms with E-state index in [1.807, 2.05) is 6.07 Å². The molecule has 1 aromatic rings. The number of aryl methyl sites for hydroxylation is 1. The fourth-order valence-electron chi connectivity index (χ4n) is 0.288. The van der Waals surface area contributed by atoms with Gasteiger partial charge in [-0.1, -0.05) is 6.92 Å². The fourth-order valence-corrected chi connectivity index (χ4v) is 0.864. The van der Waals surface area contributed by atoms with Crippen LogP contribution in [0.25, 0.3) is 0 Å². The van der Waals surface area contributed by atoms with Crippen molar-refractivity contribution >= 4 is 11.3 Å². The summed E-state index contributed by atoms with van der Waals surface area (Å²) in [4.78, 5) is 0. The predicted octanol–water partition coefficient (Wildman–Crippen LogP) is 1.85. The van der Waals surface area contributed by atoms with E-state index in [1.165, 1.54) is 5.56 Å². The molecule has 0 aromatic carbocycles. The van der Waals surface area contributed by atoms with Crippen molar-refractivity contribution in [2.75, 3.05) is 0 Å². The van der Waals surface area contributed by atoms with Crippen molar-refractivity contribution in [3.05, 3.63) is 22.4 Å². The molecule has 0 unspecified atom stereocenters. The largest absolute Gasteiger partial charge is 0.304 e. The van der Waals surface area contributed by atoms with Crippen LogP contribution in [0.3, 0.4) is 0 Å². The standard InChI is InChI=1S/C5H5S.Y/c1-5-2-3-6-4-5;/h2,4H,1H3;/q-1;. The van der Waals surface area contributed by atoms with Crippen LogP contribution in [0.15, 0.2) is 11.4 Å². The molecule has 0 nitrogen and oxygen atoms in total. The third kappa shape index (κ3) is 2.58. The first-order chi connectivity index (χ1) is 2.89. The number of rotatable bonds is 0. The fraction of sp³-hybridized carbons (Fsp3) is 0.200. The van der Waals surface area contributed by atoms with Gasteiger partial charge in [-0.3, -0.25) is 0 Å². The van der Waals surface area contributed by atoms with Gasteiger partial charge in [0.2, 0.25) is 0 Å². The van der Waals surface area contributed by atoms with E-state index < -0.39 is 0 Å². The van der Waals surface area contributed by atoms with Gasteiger partial charge in [-0.05, 0) is 0 Å². The summed E-state index contributed by atoms with van der Waals surface area (Å²) in [6.07, 6.45) is 0. The van der Waals surface area contributed by atoms with Gasteiger partial charge in [0.15, 0.2) is 0 Å². The first-order valence-electron chi connectivity index (χ1n) is 1.81. The van der Waals surface area contributed by atoms with Crippen molar-refractivity contribution in [2.24, 2.45) is 0 Å². The zero-order valence-electron chi connectivity index (χ0n) is 4.14. The van der Waals surface area contributed by atoms with Crippen LogP contribution in [0.4, 0.5) is 0 Å². The molecule has 1 aromatic heterocycles. The van der Waals surface area contributed by atoms with Gasteiger partial charge in [-0.2, -0.15) is 17.0 Å². The van der Waals surface area contributed by atoms with Crippen LogP contribution in [0, 0.1) is 12.3 Å². The van der Waals surface area contributed by atoms with Gasteiger partial charge in [-0.25, -0.2) is 0 Å². The van der Waals surface area contributed by atoms with E-state index in [1.54, 1.807) is 11.3 Å². The first kappa shape index (κ1) is 7.80. The Morgan fingerprint density at radius 3 is 2.57 bits per heavy atom. The van der Waals surface area contributed by atoms with E-state index in [0.717, 1.165) is 0 Å². The topological polar surface area (TPSA) is 0 Å². The van der Waals surface area contributed by atoms with Crippen LogP contribution in [-0.2, 0) is 32.7 Å². The summed E-state index contributed by atoms with van der Waals surface area (Å²) < 4.78 is 0. The van der Waals surface area contributed by atoms with Crippen LogP contribution >= 0.6 is 11.3 Å².